The van der Waals surface area contributed by atoms with E-state index in [-0.39, 0.29) is 23.9 Å². The van der Waals surface area contributed by atoms with Crippen molar-refractivity contribution >= 4 is 56.5 Å². The van der Waals surface area contributed by atoms with Gasteiger partial charge in [-0.25, -0.2) is 9.78 Å². The van der Waals surface area contributed by atoms with Gasteiger partial charge >= 0.3 is 6.03 Å². The molecule has 4 heterocycles. The van der Waals surface area contributed by atoms with Crippen molar-refractivity contribution in [2.75, 3.05) is 23.3 Å². The largest absolute Gasteiger partial charge is 0.457 e. The molecule has 1 unspecified atom stereocenters. The van der Waals surface area contributed by atoms with Crippen LogP contribution in [0.25, 0.3) is 10.2 Å². The normalized spacial score (nSPS) is 16.4. The predicted octanol–water partition coefficient (Wildman–Crippen LogP) is 5.82. The number of para-hydroxylation sites is 1. The van der Waals surface area contributed by atoms with Gasteiger partial charge in [0.25, 0.3) is 5.91 Å². The Morgan fingerprint density at radius 3 is 2.72 bits per heavy atom. The van der Waals surface area contributed by atoms with Crippen LogP contribution in [-0.2, 0) is 4.79 Å². The minimum absolute atomic E-state index is 0.0256. The van der Waals surface area contributed by atoms with Crippen molar-refractivity contribution in [3.63, 3.8) is 0 Å². The number of thiophene rings is 1. The van der Waals surface area contributed by atoms with Crippen LogP contribution in [0.15, 0.2) is 60.8 Å². The van der Waals surface area contributed by atoms with Gasteiger partial charge in [0.1, 0.15) is 21.2 Å². The van der Waals surface area contributed by atoms with E-state index in [0.29, 0.717) is 58.5 Å². The zero-order chi connectivity index (χ0) is 27.1. The molecule has 2 N–H and O–H groups in total. The van der Waals surface area contributed by atoms with Crippen molar-refractivity contribution < 1.29 is 19.1 Å². The Morgan fingerprint density at radius 2 is 1.95 bits per heavy atom. The monoisotopic (exact) mass is 541 g/mol. The molecule has 0 saturated carbocycles. The van der Waals surface area contributed by atoms with E-state index in [4.69, 9.17) is 4.74 Å². The lowest BCUT2D eigenvalue weighted by atomic mass is 10.1. The second-order valence-electron chi connectivity index (χ2n) is 9.60. The average molecular weight is 542 g/mol. The highest BCUT2D eigenvalue weighted by Crippen LogP contribution is 2.47. The van der Waals surface area contributed by atoms with E-state index in [0.717, 1.165) is 16.7 Å². The Bertz CT molecular complexity index is 1600. The summed E-state index contributed by atoms with van der Waals surface area (Å²) in [5.74, 6) is 1.21. The number of urea groups is 1. The number of aromatic nitrogens is 1. The summed E-state index contributed by atoms with van der Waals surface area (Å²) >= 11 is 1.27. The van der Waals surface area contributed by atoms with Crippen molar-refractivity contribution in [2.45, 2.75) is 32.7 Å². The van der Waals surface area contributed by atoms with Gasteiger partial charge < -0.3 is 20.3 Å². The van der Waals surface area contributed by atoms with Gasteiger partial charge in [0.15, 0.2) is 0 Å². The molecular weight excluding hydrogens is 514 g/mol. The number of anilines is 3. The molecular formula is C29H27N5O4S. The molecule has 2 aromatic heterocycles. The van der Waals surface area contributed by atoms with Crippen LogP contribution in [0, 0.1) is 6.92 Å². The maximum Gasteiger partial charge on any atom is 0.331 e. The first kappa shape index (κ1) is 24.9. The highest BCUT2D eigenvalue weighted by Gasteiger charge is 2.36. The Kier molecular flexibility index (Phi) is 6.40. The fraction of sp³-hybridized carbons (Fsp3) is 0.241. The molecule has 6 rings (SSSR count). The van der Waals surface area contributed by atoms with Crippen LogP contribution in [-0.4, -0.2) is 46.9 Å². The molecule has 4 aromatic rings. The highest BCUT2D eigenvalue weighted by molar-refractivity contribution is 7.21. The first-order valence-electron chi connectivity index (χ1n) is 12.9. The van der Waals surface area contributed by atoms with Crippen LogP contribution in [0.5, 0.6) is 11.5 Å². The van der Waals surface area contributed by atoms with E-state index in [9.17, 15) is 14.4 Å². The van der Waals surface area contributed by atoms with Gasteiger partial charge in [-0.2, -0.15) is 0 Å². The fourth-order valence-electron chi connectivity index (χ4n) is 5.08. The fourth-order valence-corrected chi connectivity index (χ4v) is 6.16. The van der Waals surface area contributed by atoms with Gasteiger partial charge in [-0.05, 0) is 55.3 Å². The molecule has 2 aromatic carbocycles. The second-order valence-corrected chi connectivity index (χ2v) is 10.6. The summed E-state index contributed by atoms with van der Waals surface area (Å²) in [6, 6.07) is 16.5. The number of nitrogens with one attached hydrogen (secondary N) is 2. The Balaban J connectivity index is 1.31. The van der Waals surface area contributed by atoms with Crippen molar-refractivity contribution in [2.24, 2.45) is 0 Å². The molecule has 198 valence electrons. The minimum Gasteiger partial charge on any atom is -0.457 e. The summed E-state index contributed by atoms with van der Waals surface area (Å²) in [6.45, 7) is 4.71. The van der Waals surface area contributed by atoms with E-state index in [1.54, 1.807) is 29.0 Å². The van der Waals surface area contributed by atoms with Crippen molar-refractivity contribution in [3.8, 4) is 11.5 Å². The minimum atomic E-state index is -0.350. The molecule has 0 radical (unpaired) electrons. The van der Waals surface area contributed by atoms with Crippen LogP contribution >= 0.6 is 11.3 Å². The molecule has 1 atom stereocenters. The third-order valence-electron chi connectivity index (χ3n) is 6.99. The average Bonchev–Trinajstić information content (AvgIpc) is 3.55. The molecule has 1 fully saturated rings. The predicted molar refractivity (Wildman–Crippen MR) is 151 cm³/mol. The van der Waals surface area contributed by atoms with Crippen molar-refractivity contribution in [1.29, 1.82) is 0 Å². The SMILES string of the molecule is CCC(=O)NC1CCN(C(=O)c2sc3nccc4c3c2NC(=O)N4c2ccc(Oc3ccccc3)cc2C)C1. The summed E-state index contributed by atoms with van der Waals surface area (Å²) < 4.78 is 5.96. The smallest absolute Gasteiger partial charge is 0.331 e. The molecule has 4 amide bonds. The summed E-state index contributed by atoms with van der Waals surface area (Å²) in [6.07, 6.45) is 2.76. The van der Waals surface area contributed by atoms with Crippen LogP contribution in [0.1, 0.15) is 35.0 Å². The summed E-state index contributed by atoms with van der Waals surface area (Å²) in [5, 5.41) is 6.68. The molecule has 9 nitrogen and oxygen atoms in total. The summed E-state index contributed by atoms with van der Waals surface area (Å²) in [7, 11) is 0. The number of aryl methyl sites for hydroxylation is 1. The maximum absolute atomic E-state index is 13.5. The van der Waals surface area contributed by atoms with Gasteiger partial charge in [0.05, 0.1) is 22.4 Å². The highest BCUT2D eigenvalue weighted by atomic mass is 32.1. The van der Waals surface area contributed by atoms with Crippen LogP contribution in [0.2, 0.25) is 0 Å². The first-order chi connectivity index (χ1) is 18.9. The number of ether oxygens (including phenoxy) is 1. The molecule has 0 aliphatic carbocycles. The zero-order valence-electron chi connectivity index (χ0n) is 21.6. The molecule has 10 heteroatoms. The molecule has 1 saturated heterocycles. The number of carbonyl (C=O) groups is 3. The number of likely N-dealkylation sites (tertiary alicyclic amines) is 1. The third-order valence-corrected chi connectivity index (χ3v) is 8.08. The van der Waals surface area contributed by atoms with E-state index in [1.165, 1.54) is 11.3 Å². The number of carbonyl (C=O) groups excluding carboxylic acids is 3. The van der Waals surface area contributed by atoms with Crippen LogP contribution < -0.4 is 20.3 Å². The van der Waals surface area contributed by atoms with Crippen LogP contribution in [0.3, 0.4) is 0 Å². The molecule has 39 heavy (non-hydrogen) atoms. The molecule has 2 aliphatic rings. The molecule has 2 aliphatic heterocycles. The summed E-state index contributed by atoms with van der Waals surface area (Å²) in [4.78, 5) is 47.9. The van der Waals surface area contributed by atoms with Crippen LogP contribution in [0.4, 0.5) is 21.9 Å². The lowest BCUT2D eigenvalue weighted by molar-refractivity contribution is -0.121. The van der Waals surface area contributed by atoms with Gasteiger partial charge in [-0.15, -0.1) is 11.3 Å². The standard InChI is InChI=1S/C29H27N5O4S/c1-3-23(35)31-18-12-14-33(16-18)28(36)26-25-24-22(11-13-30-27(24)39-26)34(29(37)32-25)21-10-9-20(15-17(21)2)38-19-7-5-4-6-8-19/h4-11,13,15,18H,3,12,14,16H2,1-2H3,(H,31,35)(H,32,37). The zero-order valence-corrected chi connectivity index (χ0v) is 22.4. The first-order valence-corrected chi connectivity index (χ1v) is 13.7. The Morgan fingerprint density at radius 1 is 1.13 bits per heavy atom. The molecule has 0 bridgehead atoms. The number of pyridine rings is 1. The quantitative estimate of drug-likeness (QED) is 0.320. The lowest BCUT2D eigenvalue weighted by Gasteiger charge is -2.30. The van der Waals surface area contributed by atoms with Gasteiger partial charge in [0.2, 0.25) is 5.91 Å². The van der Waals surface area contributed by atoms with E-state index < -0.39 is 0 Å². The van der Waals surface area contributed by atoms with E-state index in [1.807, 2.05) is 55.5 Å². The summed E-state index contributed by atoms with van der Waals surface area (Å²) in [5.41, 5.74) is 2.73. The Labute approximate surface area is 229 Å². The molecule has 0 spiro atoms. The van der Waals surface area contributed by atoms with Crippen molar-refractivity contribution in [3.05, 3.63) is 71.2 Å². The van der Waals surface area contributed by atoms with Gasteiger partial charge in [-0.1, -0.05) is 25.1 Å². The topological polar surface area (TPSA) is 104 Å². The second kappa shape index (κ2) is 10.0. The number of benzene rings is 2. The number of rotatable bonds is 6. The number of amides is 4. The number of nitrogens with zero attached hydrogens (tertiary/aromatic N) is 3. The van der Waals surface area contributed by atoms with Crippen molar-refractivity contribution in [1.82, 2.24) is 15.2 Å². The third kappa shape index (κ3) is 4.57. The number of hydrogen-bond donors (Lipinski definition) is 2. The van der Waals surface area contributed by atoms with Gasteiger partial charge in [0, 0.05) is 31.7 Å². The van der Waals surface area contributed by atoms with Gasteiger partial charge in [-0.3, -0.25) is 14.5 Å². The van der Waals surface area contributed by atoms with E-state index >= 15 is 0 Å². The number of hydrogen-bond acceptors (Lipinski definition) is 6. The maximum atomic E-state index is 13.5. The Hall–Kier alpha value is -4.44. The lowest BCUT2D eigenvalue weighted by Crippen LogP contribution is -2.38. The van der Waals surface area contributed by atoms with E-state index in [2.05, 4.69) is 15.6 Å².